The van der Waals surface area contributed by atoms with Gasteiger partial charge in [-0.2, -0.15) is 0 Å². The van der Waals surface area contributed by atoms with Gasteiger partial charge in [-0.1, -0.05) is 12.1 Å². The third-order valence-corrected chi connectivity index (χ3v) is 6.33. The van der Waals surface area contributed by atoms with Crippen LogP contribution in [0.5, 0.6) is 5.75 Å². The number of nitrogens with zero attached hydrogens (tertiary/aromatic N) is 1. The van der Waals surface area contributed by atoms with Crippen LogP contribution in [-0.4, -0.2) is 55.5 Å². The summed E-state index contributed by atoms with van der Waals surface area (Å²) < 4.78 is 6.19. The minimum atomic E-state index is -0.232. The van der Waals surface area contributed by atoms with E-state index in [1.165, 1.54) is 32.5 Å². The zero-order valence-corrected chi connectivity index (χ0v) is 16.5. The average Bonchev–Trinajstić information content (AvgIpc) is 2.71. The maximum absolute atomic E-state index is 12.0. The van der Waals surface area contributed by atoms with E-state index in [1.807, 2.05) is 24.3 Å². The van der Waals surface area contributed by atoms with Crippen LogP contribution in [0.4, 0.5) is 0 Å². The van der Waals surface area contributed by atoms with Crippen molar-refractivity contribution in [1.82, 2.24) is 15.5 Å². The largest absolute Gasteiger partial charge is 0.490 e. The van der Waals surface area contributed by atoms with Gasteiger partial charge in [0.2, 0.25) is 11.8 Å². The minimum absolute atomic E-state index is 0.173. The quantitative estimate of drug-likeness (QED) is 0.759. The Balaban J connectivity index is 1.24. The lowest BCUT2D eigenvalue weighted by molar-refractivity contribution is -0.134. The summed E-state index contributed by atoms with van der Waals surface area (Å²) in [5.74, 6) is 1.12. The molecule has 0 radical (unpaired) electrons. The highest BCUT2D eigenvalue weighted by molar-refractivity contribution is 6.00. The van der Waals surface area contributed by atoms with Gasteiger partial charge in [0.15, 0.2) is 0 Å². The van der Waals surface area contributed by atoms with Crippen LogP contribution in [0.1, 0.15) is 50.0 Å². The van der Waals surface area contributed by atoms with E-state index >= 15 is 0 Å². The van der Waals surface area contributed by atoms with Crippen molar-refractivity contribution in [1.29, 1.82) is 0 Å². The van der Waals surface area contributed by atoms with Crippen molar-refractivity contribution >= 4 is 11.8 Å². The Morgan fingerprint density at radius 3 is 2.36 bits per heavy atom. The number of ether oxygens (including phenoxy) is 1. The number of imide groups is 1. The molecule has 0 unspecified atom stereocenters. The molecule has 3 fully saturated rings. The van der Waals surface area contributed by atoms with Gasteiger partial charge in [0.25, 0.3) is 0 Å². The number of hydrogen-bond acceptors (Lipinski definition) is 5. The van der Waals surface area contributed by atoms with Crippen molar-refractivity contribution in [3.05, 3.63) is 29.8 Å². The summed E-state index contributed by atoms with van der Waals surface area (Å²) in [5, 5.41) is 5.86. The van der Waals surface area contributed by atoms with E-state index in [0.717, 1.165) is 43.2 Å². The number of amides is 2. The third-order valence-electron chi connectivity index (χ3n) is 6.33. The van der Waals surface area contributed by atoms with E-state index < -0.39 is 0 Å². The molecule has 1 aromatic carbocycles. The number of nitrogens with one attached hydrogen (secondary N) is 2. The number of hydrogen-bond donors (Lipinski definition) is 2. The Bertz CT molecular complexity index is 677. The Hall–Kier alpha value is -1.92. The van der Waals surface area contributed by atoms with Crippen molar-refractivity contribution < 1.29 is 14.3 Å². The molecule has 28 heavy (non-hydrogen) atoms. The molecule has 0 spiro atoms. The molecule has 0 aromatic heterocycles. The van der Waals surface area contributed by atoms with Crippen molar-refractivity contribution in [2.75, 3.05) is 32.7 Å². The van der Waals surface area contributed by atoms with Crippen LogP contribution in [0.3, 0.4) is 0 Å². The Morgan fingerprint density at radius 1 is 0.964 bits per heavy atom. The summed E-state index contributed by atoms with van der Waals surface area (Å²) >= 11 is 0. The fraction of sp³-hybridized carbons (Fsp3) is 0.636. The Morgan fingerprint density at radius 2 is 1.68 bits per heavy atom. The molecule has 0 bridgehead atoms. The van der Waals surface area contributed by atoms with Crippen LogP contribution in [0.15, 0.2) is 24.3 Å². The van der Waals surface area contributed by atoms with Gasteiger partial charge < -0.3 is 15.0 Å². The number of benzene rings is 1. The molecule has 2 amide bonds. The summed E-state index contributed by atoms with van der Waals surface area (Å²) in [4.78, 5) is 25.9. The predicted octanol–water partition coefficient (Wildman–Crippen LogP) is 2.05. The van der Waals surface area contributed by atoms with Crippen molar-refractivity contribution in [2.45, 2.75) is 50.5 Å². The lowest BCUT2D eigenvalue weighted by Gasteiger charge is -2.35. The molecule has 0 saturated carbocycles. The minimum Gasteiger partial charge on any atom is -0.490 e. The molecule has 2 N–H and O–H groups in total. The van der Waals surface area contributed by atoms with E-state index in [4.69, 9.17) is 4.74 Å². The number of rotatable bonds is 5. The van der Waals surface area contributed by atoms with Gasteiger partial charge in [0.1, 0.15) is 11.9 Å². The van der Waals surface area contributed by atoms with Crippen LogP contribution in [0.2, 0.25) is 0 Å². The normalized spacial score (nSPS) is 25.5. The van der Waals surface area contributed by atoms with Crippen LogP contribution in [-0.2, 0) is 9.59 Å². The average molecular weight is 386 g/mol. The first kappa shape index (κ1) is 19.4. The van der Waals surface area contributed by atoms with Gasteiger partial charge in [-0.25, -0.2) is 0 Å². The van der Waals surface area contributed by atoms with Crippen LogP contribution < -0.4 is 15.4 Å². The van der Waals surface area contributed by atoms with Crippen molar-refractivity contribution in [2.24, 2.45) is 5.92 Å². The Labute approximate surface area is 167 Å². The van der Waals surface area contributed by atoms with Crippen LogP contribution in [0.25, 0.3) is 0 Å². The standard InChI is InChI=1S/C22H31N3O3/c26-21-6-5-20(22(27)24-21)17-1-3-18(4-2-17)28-19-9-13-25(14-10-19)15-16-7-11-23-12-8-16/h1-4,16,19-20,23H,5-15H2,(H,24,26,27)/t20-/m1/s1. The second-order valence-electron chi connectivity index (χ2n) is 8.38. The Kier molecular flexibility index (Phi) is 6.27. The highest BCUT2D eigenvalue weighted by atomic mass is 16.5. The summed E-state index contributed by atoms with van der Waals surface area (Å²) in [6.07, 6.45) is 6.00. The second kappa shape index (κ2) is 9.05. The maximum atomic E-state index is 12.0. The fourth-order valence-electron chi connectivity index (χ4n) is 4.62. The first-order valence-electron chi connectivity index (χ1n) is 10.7. The zero-order chi connectivity index (χ0) is 19.3. The smallest absolute Gasteiger partial charge is 0.234 e. The molecule has 6 heteroatoms. The van der Waals surface area contributed by atoms with Gasteiger partial charge >= 0.3 is 0 Å². The van der Waals surface area contributed by atoms with Crippen LogP contribution >= 0.6 is 0 Å². The van der Waals surface area contributed by atoms with Crippen molar-refractivity contribution in [3.63, 3.8) is 0 Å². The summed E-state index contributed by atoms with van der Waals surface area (Å²) in [7, 11) is 0. The van der Waals surface area contributed by atoms with Gasteiger partial charge in [0, 0.05) is 26.1 Å². The number of piperidine rings is 3. The first-order valence-corrected chi connectivity index (χ1v) is 10.7. The first-order chi connectivity index (χ1) is 13.7. The molecule has 1 aromatic rings. The molecule has 3 aliphatic heterocycles. The van der Waals surface area contributed by atoms with E-state index in [-0.39, 0.29) is 23.8 Å². The van der Waals surface area contributed by atoms with Crippen molar-refractivity contribution in [3.8, 4) is 5.75 Å². The molecule has 3 aliphatic rings. The molecule has 3 heterocycles. The summed E-state index contributed by atoms with van der Waals surface area (Å²) in [6, 6.07) is 7.84. The van der Waals surface area contributed by atoms with E-state index in [2.05, 4.69) is 15.5 Å². The van der Waals surface area contributed by atoms with Gasteiger partial charge in [0.05, 0.1) is 5.92 Å². The second-order valence-corrected chi connectivity index (χ2v) is 8.38. The molecule has 152 valence electrons. The summed E-state index contributed by atoms with van der Waals surface area (Å²) in [5.41, 5.74) is 0.953. The molecule has 0 aliphatic carbocycles. The lowest BCUT2D eigenvalue weighted by Crippen LogP contribution is -2.42. The van der Waals surface area contributed by atoms with Gasteiger partial charge in [-0.3, -0.25) is 14.9 Å². The predicted molar refractivity (Wildman–Crippen MR) is 107 cm³/mol. The molecule has 6 nitrogen and oxygen atoms in total. The molecule has 4 rings (SSSR count). The molecule has 3 saturated heterocycles. The number of carbonyl (C=O) groups is 2. The molecular formula is C22H31N3O3. The highest BCUT2D eigenvalue weighted by Gasteiger charge is 2.28. The number of likely N-dealkylation sites (tertiary alicyclic amines) is 1. The van der Waals surface area contributed by atoms with E-state index in [0.29, 0.717) is 12.8 Å². The van der Waals surface area contributed by atoms with Gasteiger partial charge in [-0.05, 0) is 68.8 Å². The zero-order valence-electron chi connectivity index (χ0n) is 16.5. The monoisotopic (exact) mass is 385 g/mol. The molecule has 1 atom stereocenters. The SMILES string of the molecule is O=C1CC[C@H](c2ccc(OC3CCN(CC4CCNCC4)CC3)cc2)C(=O)N1. The van der Waals surface area contributed by atoms with Gasteiger partial charge in [-0.15, -0.1) is 0 Å². The number of carbonyl (C=O) groups excluding carboxylic acids is 2. The van der Waals surface area contributed by atoms with E-state index in [1.54, 1.807) is 0 Å². The summed E-state index contributed by atoms with van der Waals surface area (Å²) in [6.45, 7) is 5.79. The fourth-order valence-corrected chi connectivity index (χ4v) is 4.62. The topological polar surface area (TPSA) is 70.7 Å². The van der Waals surface area contributed by atoms with Crippen LogP contribution in [0, 0.1) is 5.92 Å². The lowest BCUT2D eigenvalue weighted by atomic mass is 9.90. The third kappa shape index (κ3) is 4.92. The van der Waals surface area contributed by atoms with E-state index in [9.17, 15) is 9.59 Å². The molecular weight excluding hydrogens is 354 g/mol. The highest BCUT2D eigenvalue weighted by Crippen LogP contribution is 2.27. The maximum Gasteiger partial charge on any atom is 0.234 e.